The molecule has 176 valence electrons. The zero-order valence-corrected chi connectivity index (χ0v) is 20.8. The molecular weight excluding hydrogens is 537 g/mol. The lowest BCUT2D eigenvalue weighted by Crippen LogP contribution is -2.32. The number of halogens is 3. The van der Waals surface area contributed by atoms with Crippen molar-refractivity contribution in [1.29, 1.82) is 0 Å². The fraction of sp³-hybridized carbons (Fsp3) is 0.286. The van der Waals surface area contributed by atoms with Gasteiger partial charge in [0.2, 0.25) is 11.5 Å². The molecule has 0 aliphatic carbocycles. The van der Waals surface area contributed by atoms with Gasteiger partial charge in [-0.15, -0.1) is 0 Å². The van der Waals surface area contributed by atoms with Gasteiger partial charge in [-0.1, -0.05) is 45.2 Å². The molecule has 12 heteroatoms. The largest absolute Gasteiger partial charge is 0.490 e. The summed E-state index contributed by atoms with van der Waals surface area (Å²) in [4.78, 5) is 11.9. The highest BCUT2D eigenvalue weighted by atomic mass is 79.9. The number of hydrogen-bond acceptors (Lipinski definition) is 8. The summed E-state index contributed by atoms with van der Waals surface area (Å²) in [6, 6.07) is 9.02. The van der Waals surface area contributed by atoms with Crippen LogP contribution in [0.3, 0.4) is 0 Å². The number of nitrogens with one attached hydrogen (secondary N) is 2. The average molecular weight is 559 g/mol. The Hall–Kier alpha value is -2.53. The van der Waals surface area contributed by atoms with Crippen LogP contribution in [0, 0.1) is 0 Å². The van der Waals surface area contributed by atoms with Crippen LogP contribution < -0.4 is 25.8 Å². The molecule has 2 aromatic carbocycles. The number of carbonyl (C=O) groups excluding carboxylic acids is 1. The van der Waals surface area contributed by atoms with Crippen molar-refractivity contribution in [3.8, 4) is 11.5 Å². The quantitative estimate of drug-likeness (QED) is 0.299. The molecule has 0 saturated heterocycles. The maximum Gasteiger partial charge on any atom is 0.277 e. The standard InChI is InChI=1S/C21H22BrCl2N5O4/c1-2-31-17-7-13(10-26-5-6-27-21(30)19-20(25)29-33-28-19)15(22)9-18(17)32-11-12-3-4-14(23)8-16(12)24/h3-4,7-9,26H,2,5-6,10-11H2,1H3,(H2,25,29)(H,27,30). The van der Waals surface area contributed by atoms with Gasteiger partial charge in [-0.05, 0) is 47.1 Å². The number of ether oxygens (including phenoxy) is 2. The molecule has 0 atom stereocenters. The minimum atomic E-state index is -0.447. The molecular formula is C21H22BrCl2N5O4. The Labute approximate surface area is 209 Å². The first kappa shape index (κ1) is 25.1. The molecule has 0 saturated carbocycles. The predicted molar refractivity (Wildman–Crippen MR) is 129 cm³/mol. The van der Waals surface area contributed by atoms with Gasteiger partial charge in [0.15, 0.2) is 11.5 Å². The van der Waals surface area contributed by atoms with Crippen LogP contribution in [-0.4, -0.2) is 35.9 Å². The average Bonchev–Trinajstić information content (AvgIpc) is 3.21. The van der Waals surface area contributed by atoms with Crippen LogP contribution >= 0.6 is 39.1 Å². The van der Waals surface area contributed by atoms with Crippen molar-refractivity contribution in [2.24, 2.45) is 0 Å². The fourth-order valence-electron chi connectivity index (χ4n) is 2.81. The van der Waals surface area contributed by atoms with Crippen LogP contribution in [-0.2, 0) is 13.2 Å². The normalized spacial score (nSPS) is 10.8. The van der Waals surface area contributed by atoms with Gasteiger partial charge in [0.05, 0.1) is 6.61 Å². The van der Waals surface area contributed by atoms with E-state index in [1.807, 2.05) is 25.1 Å². The van der Waals surface area contributed by atoms with Gasteiger partial charge in [0.25, 0.3) is 5.91 Å². The summed E-state index contributed by atoms with van der Waals surface area (Å²) in [7, 11) is 0. The molecule has 3 aromatic rings. The lowest BCUT2D eigenvalue weighted by Gasteiger charge is -2.16. The van der Waals surface area contributed by atoms with Gasteiger partial charge < -0.3 is 25.8 Å². The number of nitrogen functional groups attached to an aromatic ring is 1. The molecule has 0 aliphatic rings. The molecule has 0 fully saturated rings. The zero-order valence-electron chi connectivity index (χ0n) is 17.7. The van der Waals surface area contributed by atoms with E-state index in [2.05, 4.69) is 41.5 Å². The van der Waals surface area contributed by atoms with Gasteiger partial charge in [-0.25, -0.2) is 4.63 Å². The number of rotatable bonds is 11. The molecule has 3 rings (SSSR count). The second-order valence-electron chi connectivity index (χ2n) is 6.78. The van der Waals surface area contributed by atoms with Gasteiger partial charge in [0, 0.05) is 39.7 Å². The number of amides is 1. The lowest BCUT2D eigenvalue weighted by atomic mass is 10.2. The number of aromatic nitrogens is 2. The number of benzene rings is 2. The Morgan fingerprint density at radius 1 is 1.12 bits per heavy atom. The van der Waals surface area contributed by atoms with Gasteiger partial charge in [-0.3, -0.25) is 4.79 Å². The van der Waals surface area contributed by atoms with E-state index in [0.717, 1.165) is 15.6 Å². The molecule has 0 spiro atoms. The Bertz CT molecular complexity index is 1110. The second-order valence-corrected chi connectivity index (χ2v) is 8.48. The topological polar surface area (TPSA) is 125 Å². The van der Waals surface area contributed by atoms with Gasteiger partial charge in [0.1, 0.15) is 6.61 Å². The van der Waals surface area contributed by atoms with E-state index in [9.17, 15) is 4.79 Å². The zero-order chi connectivity index (χ0) is 23.8. The van der Waals surface area contributed by atoms with E-state index in [4.69, 9.17) is 38.4 Å². The number of carbonyl (C=O) groups is 1. The second kappa shape index (κ2) is 12.1. The van der Waals surface area contributed by atoms with E-state index in [-0.39, 0.29) is 18.1 Å². The van der Waals surface area contributed by atoms with Crippen molar-refractivity contribution in [3.05, 3.63) is 61.7 Å². The third-order valence-corrected chi connectivity index (χ3v) is 5.77. The highest BCUT2D eigenvalue weighted by molar-refractivity contribution is 9.10. The number of anilines is 1. The third kappa shape index (κ3) is 6.97. The molecule has 1 amide bonds. The van der Waals surface area contributed by atoms with E-state index in [1.165, 1.54) is 0 Å². The molecule has 9 nitrogen and oxygen atoms in total. The Balaban J connectivity index is 1.56. The number of nitrogens with zero attached hydrogens (tertiary/aromatic N) is 2. The molecule has 1 heterocycles. The molecule has 33 heavy (non-hydrogen) atoms. The van der Waals surface area contributed by atoms with Gasteiger partial charge >= 0.3 is 0 Å². The van der Waals surface area contributed by atoms with E-state index in [1.54, 1.807) is 12.1 Å². The van der Waals surface area contributed by atoms with E-state index in [0.29, 0.717) is 47.8 Å². The van der Waals surface area contributed by atoms with Crippen molar-refractivity contribution in [2.45, 2.75) is 20.1 Å². The maximum absolute atomic E-state index is 11.9. The van der Waals surface area contributed by atoms with Crippen LogP contribution in [0.1, 0.15) is 28.5 Å². The monoisotopic (exact) mass is 557 g/mol. The van der Waals surface area contributed by atoms with Gasteiger partial charge in [-0.2, -0.15) is 0 Å². The third-order valence-electron chi connectivity index (χ3n) is 4.44. The maximum atomic E-state index is 11.9. The number of nitrogens with two attached hydrogens (primary N) is 1. The molecule has 0 bridgehead atoms. The first-order valence-corrected chi connectivity index (χ1v) is 11.5. The Kier molecular flexibility index (Phi) is 9.19. The summed E-state index contributed by atoms with van der Waals surface area (Å²) in [5, 5.41) is 13.9. The fourth-order valence-corrected chi connectivity index (χ4v) is 3.74. The molecule has 0 radical (unpaired) electrons. The summed E-state index contributed by atoms with van der Waals surface area (Å²) in [6.07, 6.45) is 0. The number of hydrogen-bond donors (Lipinski definition) is 3. The van der Waals surface area contributed by atoms with Crippen molar-refractivity contribution in [3.63, 3.8) is 0 Å². The van der Waals surface area contributed by atoms with Crippen molar-refractivity contribution in [1.82, 2.24) is 20.9 Å². The summed E-state index contributed by atoms with van der Waals surface area (Å²) >= 11 is 15.8. The van der Waals surface area contributed by atoms with E-state index >= 15 is 0 Å². The van der Waals surface area contributed by atoms with Crippen LogP contribution in [0.15, 0.2) is 39.4 Å². The summed E-state index contributed by atoms with van der Waals surface area (Å²) in [5.41, 5.74) is 7.25. The van der Waals surface area contributed by atoms with Crippen LogP contribution in [0.2, 0.25) is 10.0 Å². The molecule has 1 aromatic heterocycles. The van der Waals surface area contributed by atoms with Crippen LogP contribution in [0.25, 0.3) is 0 Å². The van der Waals surface area contributed by atoms with Crippen LogP contribution in [0.4, 0.5) is 5.82 Å². The summed E-state index contributed by atoms with van der Waals surface area (Å²) in [5.74, 6) is 0.709. The minimum Gasteiger partial charge on any atom is -0.490 e. The van der Waals surface area contributed by atoms with E-state index < -0.39 is 5.91 Å². The van der Waals surface area contributed by atoms with Crippen molar-refractivity contribution in [2.75, 3.05) is 25.4 Å². The highest BCUT2D eigenvalue weighted by Gasteiger charge is 2.15. The first-order chi connectivity index (χ1) is 15.9. The molecule has 0 unspecified atom stereocenters. The smallest absolute Gasteiger partial charge is 0.277 e. The Morgan fingerprint density at radius 3 is 2.61 bits per heavy atom. The minimum absolute atomic E-state index is 0.0328. The van der Waals surface area contributed by atoms with Crippen molar-refractivity contribution >= 4 is 50.9 Å². The molecule has 0 aliphatic heterocycles. The van der Waals surface area contributed by atoms with Crippen LogP contribution in [0.5, 0.6) is 11.5 Å². The SMILES string of the molecule is CCOc1cc(CNCCNC(=O)c2nonc2N)c(Br)cc1OCc1ccc(Cl)cc1Cl. The predicted octanol–water partition coefficient (Wildman–Crippen LogP) is 4.22. The first-order valence-electron chi connectivity index (χ1n) is 9.98. The van der Waals surface area contributed by atoms with Crippen molar-refractivity contribution < 1.29 is 18.9 Å². The summed E-state index contributed by atoms with van der Waals surface area (Å²) < 4.78 is 17.0. The highest BCUT2D eigenvalue weighted by Crippen LogP contribution is 2.35. The molecule has 4 N–H and O–H groups in total. The lowest BCUT2D eigenvalue weighted by molar-refractivity contribution is 0.0944. The summed E-state index contributed by atoms with van der Waals surface area (Å²) in [6.45, 7) is 4.07. The Morgan fingerprint density at radius 2 is 1.91 bits per heavy atom.